The average Bonchev–Trinajstić information content (AvgIpc) is 3.04. The number of rotatable bonds is 5. The number of nitrogens with zero attached hydrogens (tertiary/aromatic N) is 2. The second-order valence-electron chi connectivity index (χ2n) is 5.47. The fourth-order valence-corrected chi connectivity index (χ4v) is 2.66. The van der Waals surface area contributed by atoms with Gasteiger partial charge in [-0.2, -0.15) is 5.10 Å². The number of methoxy groups -OCH3 is 1. The minimum Gasteiger partial charge on any atom is -0.465 e. The molecule has 0 aliphatic carbocycles. The van der Waals surface area contributed by atoms with Crippen molar-refractivity contribution >= 4 is 11.9 Å². The van der Waals surface area contributed by atoms with E-state index in [-0.39, 0.29) is 5.91 Å². The third-order valence-corrected chi connectivity index (χ3v) is 3.95. The zero-order valence-electron chi connectivity index (χ0n) is 13.4. The van der Waals surface area contributed by atoms with Gasteiger partial charge in [0.25, 0.3) is 5.91 Å². The lowest BCUT2D eigenvalue weighted by Gasteiger charge is -2.14. The van der Waals surface area contributed by atoms with Crippen molar-refractivity contribution in [1.29, 1.82) is 0 Å². The van der Waals surface area contributed by atoms with Gasteiger partial charge < -0.3 is 14.8 Å². The summed E-state index contributed by atoms with van der Waals surface area (Å²) in [6.07, 6.45) is 2.67. The molecule has 1 aliphatic rings. The van der Waals surface area contributed by atoms with Crippen LogP contribution in [0.3, 0.4) is 0 Å². The molecular formula is C17H19N3O4. The van der Waals surface area contributed by atoms with Crippen LogP contribution in [0.25, 0.3) is 0 Å². The van der Waals surface area contributed by atoms with Gasteiger partial charge in [-0.3, -0.25) is 9.48 Å². The Morgan fingerprint density at radius 1 is 1.29 bits per heavy atom. The fourth-order valence-electron chi connectivity index (χ4n) is 2.66. The number of ether oxygens (including phenoxy) is 2. The van der Waals surface area contributed by atoms with Crippen molar-refractivity contribution in [2.24, 2.45) is 0 Å². The first kappa shape index (κ1) is 16.2. The van der Waals surface area contributed by atoms with Crippen LogP contribution in [0.15, 0.2) is 30.5 Å². The largest absolute Gasteiger partial charge is 0.465 e. The van der Waals surface area contributed by atoms with Gasteiger partial charge in [0.2, 0.25) is 0 Å². The van der Waals surface area contributed by atoms with Crippen molar-refractivity contribution in [2.45, 2.75) is 19.6 Å². The van der Waals surface area contributed by atoms with E-state index in [9.17, 15) is 9.59 Å². The molecule has 0 bridgehead atoms. The first-order valence-corrected chi connectivity index (χ1v) is 7.77. The molecule has 1 aliphatic heterocycles. The number of carbonyl (C=O) groups excluding carboxylic acids is 2. The number of benzene rings is 1. The SMILES string of the molecule is COC(=O)c1ccc(C(=O)NCCn2ncc3c2CCOC3)cc1. The number of aromatic nitrogens is 2. The predicted octanol–water partition coefficient (Wildman–Crippen LogP) is 1.17. The number of nitrogens with one attached hydrogen (secondary N) is 1. The molecule has 0 fully saturated rings. The van der Waals surface area contributed by atoms with Crippen LogP contribution < -0.4 is 5.32 Å². The highest BCUT2D eigenvalue weighted by molar-refractivity contribution is 5.96. The number of esters is 1. The smallest absolute Gasteiger partial charge is 0.337 e. The molecule has 1 N–H and O–H groups in total. The van der Waals surface area contributed by atoms with Crippen LogP contribution >= 0.6 is 0 Å². The Labute approximate surface area is 139 Å². The summed E-state index contributed by atoms with van der Waals surface area (Å²) < 4.78 is 11.9. The molecule has 2 aromatic rings. The predicted molar refractivity (Wildman–Crippen MR) is 85.7 cm³/mol. The van der Waals surface area contributed by atoms with Crippen molar-refractivity contribution in [3.63, 3.8) is 0 Å². The van der Waals surface area contributed by atoms with E-state index in [2.05, 4.69) is 15.2 Å². The third-order valence-electron chi connectivity index (χ3n) is 3.95. The van der Waals surface area contributed by atoms with E-state index in [1.54, 1.807) is 24.3 Å². The molecule has 7 nitrogen and oxygen atoms in total. The number of amides is 1. The average molecular weight is 329 g/mol. The summed E-state index contributed by atoms with van der Waals surface area (Å²) in [7, 11) is 1.32. The van der Waals surface area contributed by atoms with E-state index >= 15 is 0 Å². The Morgan fingerprint density at radius 2 is 2.04 bits per heavy atom. The molecule has 0 spiro atoms. The van der Waals surface area contributed by atoms with E-state index in [0.29, 0.717) is 37.4 Å². The van der Waals surface area contributed by atoms with Crippen LogP contribution in [-0.4, -0.2) is 41.9 Å². The maximum Gasteiger partial charge on any atom is 0.337 e. The summed E-state index contributed by atoms with van der Waals surface area (Å²) in [5, 5.41) is 7.20. The molecule has 1 aromatic heterocycles. The Kier molecular flexibility index (Phi) is 4.90. The summed E-state index contributed by atoms with van der Waals surface area (Å²) in [4.78, 5) is 23.5. The van der Waals surface area contributed by atoms with Crippen molar-refractivity contribution in [1.82, 2.24) is 15.1 Å². The number of fused-ring (bicyclic) bond motifs is 1. The zero-order chi connectivity index (χ0) is 16.9. The van der Waals surface area contributed by atoms with Crippen LogP contribution in [0.1, 0.15) is 32.0 Å². The Hall–Kier alpha value is -2.67. The number of hydrogen-bond acceptors (Lipinski definition) is 5. The van der Waals surface area contributed by atoms with Crippen LogP contribution in [0.5, 0.6) is 0 Å². The summed E-state index contributed by atoms with van der Waals surface area (Å²) >= 11 is 0. The first-order valence-electron chi connectivity index (χ1n) is 7.77. The molecule has 2 heterocycles. The van der Waals surface area contributed by atoms with Crippen molar-refractivity contribution < 1.29 is 19.1 Å². The molecule has 0 radical (unpaired) electrons. The second kappa shape index (κ2) is 7.27. The minimum atomic E-state index is -0.422. The first-order chi connectivity index (χ1) is 11.7. The summed E-state index contributed by atoms with van der Waals surface area (Å²) in [6, 6.07) is 6.36. The number of hydrogen-bond donors (Lipinski definition) is 1. The fraction of sp³-hybridized carbons (Fsp3) is 0.353. The lowest BCUT2D eigenvalue weighted by molar-refractivity contribution is 0.0600. The standard InChI is InChI=1S/C17H19N3O4/c1-23-17(22)13-4-2-12(3-5-13)16(21)18-7-8-20-15-6-9-24-11-14(15)10-19-20/h2-5,10H,6-9,11H2,1H3,(H,18,21). The molecule has 0 unspecified atom stereocenters. The summed E-state index contributed by atoms with van der Waals surface area (Å²) in [5.74, 6) is -0.606. The van der Waals surface area contributed by atoms with Gasteiger partial charge in [0.05, 0.1) is 38.6 Å². The molecular weight excluding hydrogens is 310 g/mol. The molecule has 3 rings (SSSR count). The quantitative estimate of drug-likeness (QED) is 0.833. The van der Waals surface area contributed by atoms with Crippen molar-refractivity contribution in [3.05, 3.63) is 52.8 Å². The maximum absolute atomic E-state index is 12.1. The van der Waals surface area contributed by atoms with E-state index in [0.717, 1.165) is 12.0 Å². The summed E-state index contributed by atoms with van der Waals surface area (Å²) in [5.41, 5.74) is 3.21. The Bertz CT molecular complexity index is 737. The normalized spacial score (nSPS) is 13.2. The Balaban J connectivity index is 1.54. The molecule has 1 amide bonds. The van der Waals surface area contributed by atoms with Gasteiger partial charge in [-0.05, 0) is 24.3 Å². The van der Waals surface area contributed by atoms with Crippen LogP contribution in [0, 0.1) is 0 Å². The van der Waals surface area contributed by atoms with E-state index in [1.165, 1.54) is 12.8 Å². The van der Waals surface area contributed by atoms with E-state index in [4.69, 9.17) is 4.74 Å². The van der Waals surface area contributed by atoms with Crippen LogP contribution in [0.2, 0.25) is 0 Å². The Morgan fingerprint density at radius 3 is 2.79 bits per heavy atom. The molecule has 126 valence electrons. The highest BCUT2D eigenvalue weighted by atomic mass is 16.5. The van der Waals surface area contributed by atoms with Gasteiger partial charge in [-0.1, -0.05) is 0 Å². The number of carbonyl (C=O) groups is 2. The van der Waals surface area contributed by atoms with Crippen molar-refractivity contribution in [3.8, 4) is 0 Å². The third kappa shape index (κ3) is 3.46. The van der Waals surface area contributed by atoms with Crippen molar-refractivity contribution in [2.75, 3.05) is 20.3 Å². The monoisotopic (exact) mass is 329 g/mol. The van der Waals surface area contributed by atoms with Gasteiger partial charge in [-0.25, -0.2) is 4.79 Å². The second-order valence-corrected chi connectivity index (χ2v) is 5.47. The highest BCUT2D eigenvalue weighted by Gasteiger charge is 2.15. The van der Waals surface area contributed by atoms with Gasteiger partial charge in [0.15, 0.2) is 0 Å². The molecule has 0 saturated carbocycles. The molecule has 7 heteroatoms. The maximum atomic E-state index is 12.1. The zero-order valence-corrected chi connectivity index (χ0v) is 13.4. The lowest BCUT2D eigenvalue weighted by atomic mass is 10.1. The highest BCUT2D eigenvalue weighted by Crippen LogP contribution is 2.15. The van der Waals surface area contributed by atoms with E-state index in [1.807, 2.05) is 10.9 Å². The van der Waals surface area contributed by atoms with Gasteiger partial charge >= 0.3 is 5.97 Å². The van der Waals surface area contributed by atoms with Crippen LogP contribution in [-0.2, 0) is 29.0 Å². The van der Waals surface area contributed by atoms with Gasteiger partial charge in [0.1, 0.15) is 0 Å². The molecule has 24 heavy (non-hydrogen) atoms. The minimum absolute atomic E-state index is 0.184. The van der Waals surface area contributed by atoms with E-state index < -0.39 is 5.97 Å². The van der Waals surface area contributed by atoms with Gasteiger partial charge in [-0.15, -0.1) is 0 Å². The molecule has 0 saturated heterocycles. The lowest BCUT2D eigenvalue weighted by Crippen LogP contribution is -2.28. The molecule has 1 aromatic carbocycles. The van der Waals surface area contributed by atoms with Gasteiger partial charge in [0, 0.05) is 29.8 Å². The summed E-state index contributed by atoms with van der Waals surface area (Å²) in [6.45, 7) is 2.40. The molecule has 0 atom stereocenters. The topological polar surface area (TPSA) is 82.5 Å². The van der Waals surface area contributed by atoms with Crippen LogP contribution in [0.4, 0.5) is 0 Å².